The predicted octanol–water partition coefficient (Wildman–Crippen LogP) is 1.84. The summed E-state index contributed by atoms with van der Waals surface area (Å²) in [6.07, 6.45) is -0.639. The first-order valence-electron chi connectivity index (χ1n) is 9.58. The first-order valence-corrected chi connectivity index (χ1v) is 12.2. The van der Waals surface area contributed by atoms with E-state index in [1.165, 1.54) is 0 Å². The molecule has 0 amide bonds. The molecule has 0 bridgehead atoms. The zero-order valence-electron chi connectivity index (χ0n) is 16.5. The monoisotopic (exact) mass is 552 g/mol. The van der Waals surface area contributed by atoms with Gasteiger partial charge in [-0.1, -0.05) is 18.2 Å². The summed E-state index contributed by atoms with van der Waals surface area (Å²) in [4.78, 5) is 7.56. The highest BCUT2D eigenvalue weighted by Gasteiger charge is 2.21. The maximum Gasteiger partial charge on any atom is 0.191 e. The van der Waals surface area contributed by atoms with Gasteiger partial charge in [-0.2, -0.15) is 0 Å². The molecule has 0 radical (unpaired) electrons. The highest BCUT2D eigenvalue weighted by atomic mass is 127. The van der Waals surface area contributed by atoms with Gasteiger partial charge in [-0.25, -0.2) is 8.42 Å². The number of hydrogen-bond donors (Lipinski definition) is 3. The number of aliphatic hydroxyl groups is 1. The normalized spacial score (nSPS) is 18.2. The SMILES string of the molecule is CCNC(=NCC(O)c1cc2ccccc2s1)NCCN1CCS(=O)(=O)CC1.I. The van der Waals surface area contributed by atoms with Crippen LogP contribution in [0.1, 0.15) is 17.9 Å². The second kappa shape index (κ2) is 11.4. The Kier molecular flexibility index (Phi) is 9.60. The fourth-order valence-corrected chi connectivity index (χ4v) is 5.40. The van der Waals surface area contributed by atoms with E-state index < -0.39 is 15.9 Å². The van der Waals surface area contributed by atoms with Crippen LogP contribution in [0.4, 0.5) is 0 Å². The standard InChI is InChI=1S/C19H28N4O3S2.HI/c1-2-20-19(21-7-8-23-9-11-28(25,26)12-10-23)22-14-16(24)18-13-15-5-3-4-6-17(15)27-18;/h3-6,13,16,24H,2,7-12,14H2,1H3,(H2,20,21,22);1H. The Labute approximate surface area is 193 Å². The lowest BCUT2D eigenvalue weighted by Gasteiger charge is -2.26. The number of hydrogen-bond acceptors (Lipinski definition) is 6. The molecule has 1 aromatic heterocycles. The summed E-state index contributed by atoms with van der Waals surface area (Å²) in [5, 5.41) is 18.1. The molecule has 2 heterocycles. The third-order valence-corrected chi connectivity index (χ3v) is 7.52. The molecular formula is C19H29IN4O3S2. The molecule has 1 aliphatic heterocycles. The van der Waals surface area contributed by atoms with Crippen molar-refractivity contribution >= 4 is 61.2 Å². The molecule has 1 aliphatic rings. The summed E-state index contributed by atoms with van der Waals surface area (Å²) >= 11 is 1.59. The first-order chi connectivity index (χ1) is 13.5. The molecule has 1 unspecified atom stereocenters. The van der Waals surface area contributed by atoms with Crippen molar-refractivity contribution in [1.82, 2.24) is 15.5 Å². The summed E-state index contributed by atoms with van der Waals surface area (Å²) in [7, 11) is -2.84. The summed E-state index contributed by atoms with van der Waals surface area (Å²) in [6, 6.07) is 10.1. The molecule has 1 atom stereocenters. The molecule has 7 nitrogen and oxygen atoms in total. The summed E-state index contributed by atoms with van der Waals surface area (Å²) in [6.45, 7) is 5.61. The number of aliphatic imine (C=N–C) groups is 1. The van der Waals surface area contributed by atoms with Gasteiger partial charge in [-0.05, 0) is 24.4 Å². The Hall–Kier alpha value is -0.950. The van der Waals surface area contributed by atoms with Gasteiger partial charge < -0.3 is 15.7 Å². The van der Waals surface area contributed by atoms with Crippen LogP contribution in [0.25, 0.3) is 10.1 Å². The number of rotatable bonds is 7. The van der Waals surface area contributed by atoms with E-state index in [0.717, 1.165) is 28.1 Å². The minimum absolute atomic E-state index is 0. The van der Waals surface area contributed by atoms with E-state index >= 15 is 0 Å². The molecule has 1 saturated heterocycles. The maximum absolute atomic E-state index is 11.5. The highest BCUT2D eigenvalue weighted by Crippen LogP contribution is 2.29. The van der Waals surface area contributed by atoms with Crippen molar-refractivity contribution in [2.45, 2.75) is 13.0 Å². The second-order valence-corrected chi connectivity index (χ2v) is 10.3. The van der Waals surface area contributed by atoms with Crippen molar-refractivity contribution in [2.75, 3.05) is 50.8 Å². The van der Waals surface area contributed by atoms with Crippen LogP contribution in [0.2, 0.25) is 0 Å². The van der Waals surface area contributed by atoms with Crippen LogP contribution < -0.4 is 10.6 Å². The number of nitrogens with zero attached hydrogens (tertiary/aromatic N) is 2. The number of fused-ring (bicyclic) bond motifs is 1. The molecule has 0 spiro atoms. The van der Waals surface area contributed by atoms with E-state index in [-0.39, 0.29) is 42.0 Å². The molecule has 1 fully saturated rings. The summed E-state index contributed by atoms with van der Waals surface area (Å²) < 4.78 is 24.1. The zero-order valence-corrected chi connectivity index (χ0v) is 20.5. The number of nitrogens with one attached hydrogen (secondary N) is 2. The lowest BCUT2D eigenvalue weighted by atomic mass is 10.2. The van der Waals surface area contributed by atoms with Crippen LogP contribution in [-0.2, 0) is 9.84 Å². The molecule has 2 aromatic rings. The van der Waals surface area contributed by atoms with Crippen molar-refractivity contribution in [1.29, 1.82) is 0 Å². The molecule has 0 saturated carbocycles. The van der Waals surface area contributed by atoms with Crippen LogP contribution in [0.5, 0.6) is 0 Å². The highest BCUT2D eigenvalue weighted by molar-refractivity contribution is 14.0. The lowest BCUT2D eigenvalue weighted by molar-refractivity contribution is 0.191. The number of halogens is 1. The van der Waals surface area contributed by atoms with Gasteiger partial charge in [-0.15, -0.1) is 35.3 Å². The van der Waals surface area contributed by atoms with Gasteiger partial charge in [-0.3, -0.25) is 9.89 Å². The van der Waals surface area contributed by atoms with Crippen molar-refractivity contribution in [3.8, 4) is 0 Å². The number of thiophene rings is 1. The predicted molar refractivity (Wildman–Crippen MR) is 131 cm³/mol. The molecule has 0 aliphatic carbocycles. The van der Waals surface area contributed by atoms with E-state index in [4.69, 9.17) is 0 Å². The molecule has 3 N–H and O–H groups in total. The second-order valence-electron chi connectivity index (χ2n) is 6.84. The summed E-state index contributed by atoms with van der Waals surface area (Å²) in [5.41, 5.74) is 0. The Morgan fingerprint density at radius 3 is 2.69 bits per heavy atom. The number of sulfone groups is 1. The van der Waals surface area contributed by atoms with Gasteiger partial charge in [0, 0.05) is 42.3 Å². The van der Waals surface area contributed by atoms with Crippen LogP contribution in [-0.4, -0.2) is 75.2 Å². The largest absolute Gasteiger partial charge is 0.386 e. The quantitative estimate of drug-likeness (QED) is 0.276. The Morgan fingerprint density at radius 2 is 2.00 bits per heavy atom. The smallest absolute Gasteiger partial charge is 0.191 e. The van der Waals surface area contributed by atoms with Crippen molar-refractivity contribution in [3.05, 3.63) is 35.2 Å². The van der Waals surface area contributed by atoms with Gasteiger partial charge in [0.05, 0.1) is 18.1 Å². The van der Waals surface area contributed by atoms with Crippen LogP contribution in [0.3, 0.4) is 0 Å². The maximum atomic E-state index is 11.5. The minimum atomic E-state index is -2.84. The lowest BCUT2D eigenvalue weighted by Crippen LogP contribution is -2.46. The Bertz CT molecular complexity index is 870. The third-order valence-electron chi connectivity index (χ3n) is 4.70. The van der Waals surface area contributed by atoms with E-state index in [9.17, 15) is 13.5 Å². The zero-order chi connectivity index (χ0) is 20.0. The van der Waals surface area contributed by atoms with Gasteiger partial charge >= 0.3 is 0 Å². The van der Waals surface area contributed by atoms with Crippen LogP contribution in [0, 0.1) is 0 Å². The molecule has 1 aromatic carbocycles. The fraction of sp³-hybridized carbons (Fsp3) is 0.526. The first kappa shape index (κ1) is 24.3. The number of aliphatic hydroxyl groups excluding tert-OH is 1. The Balaban J connectivity index is 0.00000300. The molecular weight excluding hydrogens is 523 g/mol. The average molecular weight is 553 g/mol. The fourth-order valence-electron chi connectivity index (χ4n) is 3.08. The van der Waals surface area contributed by atoms with Crippen molar-refractivity contribution < 1.29 is 13.5 Å². The molecule has 29 heavy (non-hydrogen) atoms. The van der Waals surface area contributed by atoms with Crippen molar-refractivity contribution in [3.63, 3.8) is 0 Å². The number of guanidine groups is 1. The van der Waals surface area contributed by atoms with E-state index in [2.05, 4.69) is 26.6 Å². The van der Waals surface area contributed by atoms with Crippen LogP contribution in [0.15, 0.2) is 35.3 Å². The molecule has 3 rings (SSSR count). The van der Waals surface area contributed by atoms with Gasteiger partial charge in [0.15, 0.2) is 15.8 Å². The van der Waals surface area contributed by atoms with E-state index in [0.29, 0.717) is 25.6 Å². The van der Waals surface area contributed by atoms with Gasteiger partial charge in [0.25, 0.3) is 0 Å². The van der Waals surface area contributed by atoms with Gasteiger partial charge in [0.2, 0.25) is 0 Å². The third kappa shape index (κ3) is 7.35. The average Bonchev–Trinajstić information content (AvgIpc) is 3.11. The van der Waals surface area contributed by atoms with Crippen molar-refractivity contribution in [2.24, 2.45) is 4.99 Å². The summed E-state index contributed by atoms with van der Waals surface area (Å²) in [5.74, 6) is 1.14. The molecule has 10 heteroatoms. The molecule has 162 valence electrons. The van der Waals surface area contributed by atoms with Crippen LogP contribution >= 0.6 is 35.3 Å². The van der Waals surface area contributed by atoms with E-state index in [1.54, 1.807) is 11.3 Å². The minimum Gasteiger partial charge on any atom is -0.386 e. The number of benzene rings is 1. The Morgan fingerprint density at radius 1 is 1.28 bits per heavy atom. The topological polar surface area (TPSA) is 94.0 Å². The van der Waals surface area contributed by atoms with Gasteiger partial charge in [0.1, 0.15) is 6.10 Å². The van der Waals surface area contributed by atoms with E-state index in [1.807, 2.05) is 31.2 Å².